The van der Waals surface area contributed by atoms with Crippen molar-refractivity contribution in [2.75, 3.05) is 18.6 Å². The molecule has 1 aromatic carbocycles. The predicted molar refractivity (Wildman–Crippen MR) is 83.5 cm³/mol. The van der Waals surface area contributed by atoms with Crippen molar-refractivity contribution < 1.29 is 17.4 Å². The van der Waals surface area contributed by atoms with Gasteiger partial charge in [-0.3, -0.25) is 9.00 Å². The molecule has 0 saturated heterocycles. The number of halogens is 3. The lowest BCUT2D eigenvalue weighted by atomic mass is 10.2. The fourth-order valence-corrected chi connectivity index (χ4v) is 3.25. The van der Waals surface area contributed by atoms with Crippen molar-refractivity contribution in [3.8, 4) is 0 Å². The first-order chi connectivity index (χ1) is 9.12. The van der Waals surface area contributed by atoms with E-state index in [2.05, 4.69) is 21.2 Å². The van der Waals surface area contributed by atoms with Crippen LogP contribution in [0.25, 0.3) is 0 Å². The second-order valence-corrected chi connectivity index (χ2v) is 9.09. The zero-order valence-corrected chi connectivity index (χ0v) is 14.9. The molecule has 1 unspecified atom stereocenters. The largest absolute Gasteiger partial charge is 0.351 e. The van der Waals surface area contributed by atoms with Crippen LogP contribution in [-0.2, 0) is 19.9 Å². The number of hydrogen-bond acceptors (Lipinski definition) is 4. The quantitative estimate of drug-likeness (QED) is 0.737. The molecule has 0 saturated carbocycles. The molecule has 1 atom stereocenters. The Balaban J connectivity index is 3.08. The van der Waals surface area contributed by atoms with Gasteiger partial charge in [0, 0.05) is 44.5 Å². The van der Waals surface area contributed by atoms with Crippen LogP contribution in [0.5, 0.6) is 0 Å². The van der Waals surface area contributed by atoms with Crippen molar-refractivity contribution in [3.05, 3.63) is 27.2 Å². The van der Waals surface area contributed by atoms with Gasteiger partial charge in [0.1, 0.15) is 0 Å². The van der Waals surface area contributed by atoms with Crippen LogP contribution >= 0.6 is 38.2 Å². The number of carbonyl (C=O) groups excluding carboxylic acids is 1. The third-order valence-electron chi connectivity index (χ3n) is 2.20. The van der Waals surface area contributed by atoms with E-state index in [9.17, 15) is 17.4 Å². The van der Waals surface area contributed by atoms with E-state index in [-0.39, 0.29) is 32.3 Å². The van der Waals surface area contributed by atoms with E-state index in [1.165, 1.54) is 12.3 Å². The standard InChI is InChI=1S/C10H10BrCl2NO4S2/c1-19(16)3-2-14-10(15)7-4-6(20(13,17)18)5-8(11)9(7)12/h4-5H,2-3H2,1H3,(H,14,15). The van der Waals surface area contributed by atoms with Crippen molar-refractivity contribution in [1.82, 2.24) is 5.32 Å². The smallest absolute Gasteiger partial charge is 0.261 e. The van der Waals surface area contributed by atoms with Crippen LogP contribution in [0, 0.1) is 0 Å². The molecule has 0 heterocycles. The molecule has 112 valence electrons. The summed E-state index contributed by atoms with van der Waals surface area (Å²) in [5, 5.41) is 2.58. The molecule has 0 spiro atoms. The fraction of sp³-hybridized carbons (Fsp3) is 0.300. The van der Waals surface area contributed by atoms with Gasteiger partial charge in [-0.15, -0.1) is 0 Å². The Morgan fingerprint density at radius 3 is 2.55 bits per heavy atom. The van der Waals surface area contributed by atoms with Gasteiger partial charge in [-0.05, 0) is 28.1 Å². The van der Waals surface area contributed by atoms with Crippen molar-refractivity contribution in [3.63, 3.8) is 0 Å². The SMILES string of the molecule is CS(=O)CCNC(=O)c1cc(S(=O)(=O)Cl)cc(Br)c1Cl. The lowest BCUT2D eigenvalue weighted by Gasteiger charge is -2.09. The number of nitrogens with one attached hydrogen (secondary N) is 1. The van der Waals surface area contributed by atoms with Crippen molar-refractivity contribution in [2.24, 2.45) is 0 Å². The third-order valence-corrected chi connectivity index (χ3v) is 5.58. The highest BCUT2D eigenvalue weighted by atomic mass is 79.9. The summed E-state index contributed by atoms with van der Waals surface area (Å²) in [4.78, 5) is 11.7. The Hall–Kier alpha value is -0.150. The molecular formula is C10H10BrCl2NO4S2. The topological polar surface area (TPSA) is 80.3 Å². The van der Waals surface area contributed by atoms with E-state index in [0.717, 1.165) is 6.07 Å². The minimum absolute atomic E-state index is 0.0258. The van der Waals surface area contributed by atoms with Crippen LogP contribution in [-0.4, -0.2) is 37.1 Å². The van der Waals surface area contributed by atoms with Crippen molar-refractivity contribution >= 4 is 64.0 Å². The normalized spacial score (nSPS) is 13.0. The molecule has 0 radical (unpaired) electrons. The summed E-state index contributed by atoms with van der Waals surface area (Å²) in [6.45, 7) is 0.188. The fourth-order valence-electron chi connectivity index (χ4n) is 1.27. The molecule has 0 aliphatic heterocycles. The second kappa shape index (κ2) is 7.22. The zero-order chi connectivity index (χ0) is 15.5. The average molecular weight is 423 g/mol. The van der Waals surface area contributed by atoms with E-state index >= 15 is 0 Å². The van der Waals surface area contributed by atoms with E-state index in [1.807, 2.05) is 0 Å². The molecule has 0 bridgehead atoms. The molecule has 1 amide bonds. The molecule has 10 heteroatoms. The van der Waals surface area contributed by atoms with E-state index in [1.54, 1.807) is 0 Å². The summed E-state index contributed by atoms with van der Waals surface area (Å²) in [7, 11) is 0.224. The molecule has 0 fully saturated rings. The van der Waals surface area contributed by atoms with Crippen molar-refractivity contribution in [1.29, 1.82) is 0 Å². The van der Waals surface area contributed by atoms with E-state index < -0.39 is 25.8 Å². The molecule has 0 aromatic heterocycles. The highest BCUT2D eigenvalue weighted by Crippen LogP contribution is 2.31. The summed E-state index contributed by atoms with van der Waals surface area (Å²) in [6, 6.07) is 2.30. The minimum Gasteiger partial charge on any atom is -0.351 e. The van der Waals surface area contributed by atoms with Crippen LogP contribution in [0.3, 0.4) is 0 Å². The molecule has 0 aliphatic rings. The molecule has 20 heavy (non-hydrogen) atoms. The zero-order valence-electron chi connectivity index (χ0n) is 10.2. The third kappa shape index (κ3) is 5.00. The minimum atomic E-state index is -3.98. The van der Waals surface area contributed by atoms with Gasteiger partial charge in [0.15, 0.2) is 0 Å². The van der Waals surface area contributed by atoms with Gasteiger partial charge in [-0.1, -0.05) is 11.6 Å². The monoisotopic (exact) mass is 421 g/mol. The summed E-state index contributed by atoms with van der Waals surface area (Å²) in [6.07, 6.45) is 1.51. The van der Waals surface area contributed by atoms with Crippen LogP contribution < -0.4 is 5.32 Å². The molecule has 1 rings (SSSR count). The Kier molecular flexibility index (Phi) is 6.46. The first-order valence-corrected chi connectivity index (χ1v) is 10.4. The average Bonchev–Trinajstić information content (AvgIpc) is 2.30. The van der Waals surface area contributed by atoms with E-state index in [4.69, 9.17) is 22.3 Å². The van der Waals surface area contributed by atoms with Gasteiger partial charge in [-0.25, -0.2) is 8.42 Å². The lowest BCUT2D eigenvalue weighted by molar-refractivity contribution is 0.0956. The van der Waals surface area contributed by atoms with Crippen LogP contribution in [0.4, 0.5) is 0 Å². The van der Waals surface area contributed by atoms with Gasteiger partial charge >= 0.3 is 0 Å². The summed E-state index contributed by atoms with van der Waals surface area (Å²) < 4.78 is 33.7. The highest BCUT2D eigenvalue weighted by molar-refractivity contribution is 9.10. The van der Waals surface area contributed by atoms with Gasteiger partial charge < -0.3 is 5.32 Å². The first-order valence-electron chi connectivity index (χ1n) is 5.15. The molecule has 5 nitrogen and oxygen atoms in total. The predicted octanol–water partition coefficient (Wildman–Crippen LogP) is 2.14. The molecule has 1 aromatic rings. The van der Waals surface area contributed by atoms with Gasteiger partial charge in [-0.2, -0.15) is 0 Å². The van der Waals surface area contributed by atoms with Gasteiger partial charge in [0.2, 0.25) is 0 Å². The molecular weight excluding hydrogens is 413 g/mol. The summed E-state index contributed by atoms with van der Waals surface area (Å²) in [5.41, 5.74) is -0.0258. The maximum Gasteiger partial charge on any atom is 0.261 e. The summed E-state index contributed by atoms with van der Waals surface area (Å²) >= 11 is 9.01. The van der Waals surface area contributed by atoms with Crippen LogP contribution in [0.1, 0.15) is 10.4 Å². The number of carbonyl (C=O) groups is 1. The summed E-state index contributed by atoms with van der Waals surface area (Å²) in [5.74, 6) is -0.277. The van der Waals surface area contributed by atoms with Gasteiger partial charge in [0.25, 0.3) is 15.0 Å². The van der Waals surface area contributed by atoms with E-state index in [0.29, 0.717) is 0 Å². The highest BCUT2D eigenvalue weighted by Gasteiger charge is 2.19. The Morgan fingerprint density at radius 1 is 1.45 bits per heavy atom. The number of hydrogen-bond donors (Lipinski definition) is 1. The second-order valence-electron chi connectivity index (χ2n) is 3.74. The number of benzene rings is 1. The van der Waals surface area contributed by atoms with Crippen LogP contribution in [0.2, 0.25) is 5.02 Å². The Morgan fingerprint density at radius 2 is 2.05 bits per heavy atom. The van der Waals surface area contributed by atoms with Crippen molar-refractivity contribution in [2.45, 2.75) is 4.90 Å². The van der Waals surface area contributed by atoms with Gasteiger partial charge in [0.05, 0.1) is 15.5 Å². The Bertz CT molecular complexity index is 663. The maximum absolute atomic E-state index is 11.9. The first kappa shape index (κ1) is 17.9. The lowest BCUT2D eigenvalue weighted by Crippen LogP contribution is -2.28. The number of amides is 1. The molecule has 1 N–H and O–H groups in total. The van der Waals surface area contributed by atoms with Crippen LogP contribution in [0.15, 0.2) is 21.5 Å². The Labute approximate surface area is 137 Å². The maximum atomic E-state index is 11.9. The molecule has 0 aliphatic carbocycles. The number of rotatable bonds is 5.